The molecule has 1 aromatic heterocycles. The molecular formula is C29H30N2O5. The van der Waals surface area contributed by atoms with Gasteiger partial charge in [-0.2, -0.15) is 0 Å². The average molecular weight is 487 g/mol. The quantitative estimate of drug-likeness (QED) is 0.282. The zero-order valence-electron chi connectivity index (χ0n) is 21.0. The highest BCUT2D eigenvalue weighted by atomic mass is 16.7. The Morgan fingerprint density at radius 3 is 2.50 bits per heavy atom. The smallest absolute Gasteiger partial charge is 0.373 e. The van der Waals surface area contributed by atoms with Crippen LogP contribution in [0.4, 0.5) is 5.69 Å². The van der Waals surface area contributed by atoms with Crippen molar-refractivity contribution in [3.63, 3.8) is 0 Å². The molecule has 2 aliphatic rings. The van der Waals surface area contributed by atoms with E-state index in [0.717, 1.165) is 24.9 Å². The summed E-state index contributed by atoms with van der Waals surface area (Å²) >= 11 is 0. The second kappa shape index (κ2) is 8.43. The van der Waals surface area contributed by atoms with E-state index in [1.165, 1.54) is 11.6 Å². The van der Waals surface area contributed by atoms with Gasteiger partial charge in [-0.05, 0) is 54.5 Å². The zero-order valence-corrected chi connectivity index (χ0v) is 21.0. The summed E-state index contributed by atoms with van der Waals surface area (Å²) in [7, 11) is 0. The number of hydrogen-bond donors (Lipinski definition) is 1. The van der Waals surface area contributed by atoms with Crippen molar-refractivity contribution < 1.29 is 18.8 Å². The molecule has 2 fully saturated rings. The number of anilines is 1. The van der Waals surface area contributed by atoms with Gasteiger partial charge in [0.1, 0.15) is 11.1 Å². The van der Waals surface area contributed by atoms with Gasteiger partial charge in [-0.1, -0.05) is 63.2 Å². The fourth-order valence-electron chi connectivity index (χ4n) is 5.95. The Balaban J connectivity index is 1.40. The number of nitrogens with one attached hydrogen (secondary N) is 1. The number of amides is 1. The summed E-state index contributed by atoms with van der Waals surface area (Å²) in [4.78, 5) is 44.1. The van der Waals surface area contributed by atoms with Crippen LogP contribution in [0.2, 0.25) is 0 Å². The van der Waals surface area contributed by atoms with E-state index in [1.807, 2.05) is 24.3 Å². The Labute approximate surface area is 209 Å². The topological polar surface area (TPSA) is 98.0 Å². The van der Waals surface area contributed by atoms with Crippen molar-refractivity contribution in [2.45, 2.75) is 53.4 Å². The predicted molar refractivity (Wildman–Crippen MR) is 138 cm³/mol. The Kier molecular flexibility index (Phi) is 5.62. The lowest BCUT2D eigenvalue weighted by Crippen LogP contribution is -2.43. The van der Waals surface area contributed by atoms with Crippen LogP contribution in [0.3, 0.4) is 0 Å². The highest BCUT2D eigenvalue weighted by Gasteiger charge is 2.71. The van der Waals surface area contributed by atoms with Crippen molar-refractivity contribution in [1.29, 1.82) is 0 Å². The number of carbonyl (C=O) groups excluding carboxylic acids is 2. The molecule has 0 radical (unpaired) electrons. The van der Waals surface area contributed by atoms with E-state index in [9.17, 15) is 14.4 Å². The summed E-state index contributed by atoms with van der Waals surface area (Å²) in [6, 6.07) is 16.3. The third-order valence-electron chi connectivity index (χ3n) is 8.89. The van der Waals surface area contributed by atoms with E-state index in [-0.39, 0.29) is 11.5 Å². The van der Waals surface area contributed by atoms with Crippen LogP contribution in [0.1, 0.15) is 62.9 Å². The van der Waals surface area contributed by atoms with Gasteiger partial charge >= 0.3 is 11.6 Å². The van der Waals surface area contributed by atoms with Crippen LogP contribution in [-0.4, -0.2) is 17.6 Å². The van der Waals surface area contributed by atoms with E-state index >= 15 is 0 Å². The fraction of sp³-hybridized carbons (Fsp3) is 0.379. The molecule has 2 saturated carbocycles. The van der Waals surface area contributed by atoms with Gasteiger partial charge in [-0.3, -0.25) is 4.79 Å². The minimum absolute atomic E-state index is 0.0489. The molecular weight excluding hydrogens is 456 g/mol. The first-order chi connectivity index (χ1) is 17.1. The van der Waals surface area contributed by atoms with Gasteiger partial charge in [0.25, 0.3) is 0 Å². The Hall–Kier alpha value is -3.74. The monoisotopic (exact) mass is 486 g/mol. The van der Waals surface area contributed by atoms with Gasteiger partial charge in [0.15, 0.2) is 0 Å². The van der Waals surface area contributed by atoms with Gasteiger partial charge in [0.2, 0.25) is 5.91 Å². The predicted octanol–water partition coefficient (Wildman–Crippen LogP) is 5.72. The number of hydrogen-bond acceptors (Lipinski definition) is 6. The summed E-state index contributed by atoms with van der Waals surface area (Å²) in [5.41, 5.74) is 0.507. The van der Waals surface area contributed by atoms with Crippen LogP contribution < -0.4 is 10.9 Å². The molecule has 2 aromatic carbocycles. The number of rotatable bonds is 5. The first-order valence-corrected chi connectivity index (χ1v) is 12.3. The first kappa shape index (κ1) is 24.0. The molecule has 7 nitrogen and oxygen atoms in total. The number of oxime groups is 1. The van der Waals surface area contributed by atoms with Crippen LogP contribution in [0, 0.1) is 16.2 Å². The Bertz CT molecular complexity index is 1450. The maximum atomic E-state index is 13.7. The highest BCUT2D eigenvalue weighted by molar-refractivity contribution is 6.06. The second-order valence-electron chi connectivity index (χ2n) is 10.6. The van der Waals surface area contributed by atoms with Crippen molar-refractivity contribution >= 4 is 34.2 Å². The zero-order chi connectivity index (χ0) is 25.7. The van der Waals surface area contributed by atoms with Gasteiger partial charge in [0.05, 0.1) is 11.1 Å². The summed E-state index contributed by atoms with van der Waals surface area (Å²) in [5.74, 6) is -0.923. The largest absolute Gasteiger partial charge is 0.422 e. The minimum atomic E-state index is -0.874. The number of benzene rings is 2. The maximum absolute atomic E-state index is 13.7. The second-order valence-corrected chi connectivity index (χ2v) is 10.6. The van der Waals surface area contributed by atoms with Crippen LogP contribution in [0.25, 0.3) is 11.0 Å². The van der Waals surface area contributed by atoms with Crippen molar-refractivity contribution in [1.82, 2.24) is 0 Å². The molecule has 3 aromatic rings. The number of aryl methyl sites for hydroxylation is 1. The number of para-hydroxylation sites is 1. The van der Waals surface area contributed by atoms with E-state index in [4.69, 9.17) is 9.25 Å². The van der Waals surface area contributed by atoms with E-state index < -0.39 is 27.8 Å². The molecule has 1 heterocycles. The first-order valence-electron chi connectivity index (χ1n) is 12.3. The molecule has 2 unspecified atom stereocenters. The summed E-state index contributed by atoms with van der Waals surface area (Å²) < 4.78 is 5.25. The van der Waals surface area contributed by atoms with Crippen molar-refractivity contribution in [2.24, 2.45) is 21.4 Å². The SMILES string of the molecule is CCc1ccc(NC(=O)C23CCC(C)(/C(=N\OC(=O)c4cc5ccccc5oc4=O)C2)C3(C)C)cc1. The molecule has 5 rings (SSSR count). The molecule has 2 aliphatic carbocycles. The third kappa shape index (κ3) is 3.48. The highest BCUT2D eigenvalue weighted by Crippen LogP contribution is 2.71. The molecule has 7 heteroatoms. The molecule has 0 aliphatic heterocycles. The molecule has 186 valence electrons. The molecule has 2 atom stereocenters. The van der Waals surface area contributed by atoms with Gasteiger partial charge in [-0.15, -0.1) is 0 Å². The summed E-state index contributed by atoms with van der Waals surface area (Å²) in [6.07, 6.45) is 2.78. The lowest BCUT2D eigenvalue weighted by Gasteiger charge is -2.39. The molecule has 1 N–H and O–H groups in total. The summed E-state index contributed by atoms with van der Waals surface area (Å²) in [5, 5.41) is 7.96. The minimum Gasteiger partial charge on any atom is -0.422 e. The van der Waals surface area contributed by atoms with E-state index in [2.05, 4.69) is 38.2 Å². The fourth-order valence-corrected chi connectivity index (χ4v) is 5.95. The van der Waals surface area contributed by atoms with Crippen molar-refractivity contribution in [3.05, 3.63) is 76.1 Å². The normalized spacial score (nSPS) is 25.3. The Morgan fingerprint density at radius 1 is 1.06 bits per heavy atom. The van der Waals surface area contributed by atoms with E-state index in [0.29, 0.717) is 23.1 Å². The molecule has 0 spiro atoms. The van der Waals surface area contributed by atoms with Crippen molar-refractivity contribution in [2.75, 3.05) is 5.32 Å². The van der Waals surface area contributed by atoms with Gasteiger partial charge in [0, 0.05) is 22.9 Å². The lowest BCUT2D eigenvalue weighted by atomic mass is 9.64. The van der Waals surface area contributed by atoms with Crippen molar-refractivity contribution in [3.8, 4) is 0 Å². The molecule has 1 amide bonds. The third-order valence-corrected chi connectivity index (χ3v) is 8.89. The number of nitrogens with zero attached hydrogens (tertiary/aromatic N) is 1. The lowest BCUT2D eigenvalue weighted by molar-refractivity contribution is -0.130. The van der Waals surface area contributed by atoms with Gasteiger partial charge < -0.3 is 14.6 Å². The van der Waals surface area contributed by atoms with Crippen LogP contribution in [0.15, 0.2) is 69.0 Å². The number of fused-ring (bicyclic) bond motifs is 3. The molecule has 36 heavy (non-hydrogen) atoms. The molecule has 0 saturated heterocycles. The van der Waals surface area contributed by atoms with E-state index in [1.54, 1.807) is 24.3 Å². The van der Waals surface area contributed by atoms with Gasteiger partial charge in [-0.25, -0.2) is 9.59 Å². The number of carbonyl (C=O) groups is 2. The van der Waals surface area contributed by atoms with Crippen LogP contribution >= 0.6 is 0 Å². The Morgan fingerprint density at radius 2 is 1.78 bits per heavy atom. The molecule has 2 bridgehead atoms. The summed E-state index contributed by atoms with van der Waals surface area (Å²) in [6.45, 7) is 8.33. The van der Waals surface area contributed by atoms with Crippen LogP contribution in [0.5, 0.6) is 0 Å². The standard InChI is InChI=1S/C29H30N2O5/c1-5-18-10-12-20(13-11-18)30-26(34)29-15-14-28(4,27(29,2)3)23(17-29)31-36-25(33)21-16-19-8-6-7-9-22(19)35-24(21)32/h6-13,16H,5,14-15,17H2,1-4H3,(H,30,34)/b31-23-. The van der Waals surface area contributed by atoms with Crippen LogP contribution in [-0.2, 0) is 16.1 Å². The maximum Gasteiger partial charge on any atom is 0.373 e. The average Bonchev–Trinajstić information content (AvgIpc) is 3.18.